The van der Waals surface area contributed by atoms with E-state index in [1.165, 1.54) is 0 Å². The van der Waals surface area contributed by atoms with Crippen LogP contribution < -0.4 is 10.6 Å². The van der Waals surface area contributed by atoms with E-state index in [2.05, 4.69) is 15.6 Å². The van der Waals surface area contributed by atoms with Crippen molar-refractivity contribution < 1.29 is 14.0 Å². The number of aromatic nitrogens is 1. The molecule has 0 bridgehead atoms. The van der Waals surface area contributed by atoms with Crippen molar-refractivity contribution in [3.8, 4) is 0 Å². The Kier molecular flexibility index (Phi) is 6.11. The van der Waals surface area contributed by atoms with Crippen molar-refractivity contribution in [3.63, 3.8) is 0 Å². The lowest BCUT2D eigenvalue weighted by Gasteiger charge is -2.29. The number of urea groups is 1. The van der Waals surface area contributed by atoms with Crippen molar-refractivity contribution in [1.82, 2.24) is 20.5 Å². The number of halogens is 1. The normalized spacial score (nSPS) is 15.9. The zero-order valence-electron chi connectivity index (χ0n) is 14.8. The first-order valence-corrected chi connectivity index (χ1v) is 9.29. The molecule has 0 radical (unpaired) electrons. The minimum Gasteiger partial charge on any atom is -0.440 e. The number of likely N-dealkylation sites (tertiary alicyclic amines) is 1. The van der Waals surface area contributed by atoms with Gasteiger partial charge in [-0.25, -0.2) is 9.78 Å². The summed E-state index contributed by atoms with van der Waals surface area (Å²) in [6, 6.07) is 4.98. The molecule has 3 amide bonds. The van der Waals surface area contributed by atoms with E-state index >= 15 is 0 Å². The Labute approximate surface area is 157 Å². The first-order valence-electron chi connectivity index (χ1n) is 8.91. The maximum absolute atomic E-state index is 11.9. The Morgan fingerprint density at radius 2 is 2.12 bits per heavy atom. The summed E-state index contributed by atoms with van der Waals surface area (Å²) in [5, 5.41) is 5.62. The van der Waals surface area contributed by atoms with Crippen LogP contribution in [0.25, 0.3) is 11.1 Å². The van der Waals surface area contributed by atoms with Crippen LogP contribution in [0.5, 0.6) is 0 Å². The van der Waals surface area contributed by atoms with Crippen LogP contribution in [0.1, 0.15) is 38.0 Å². The molecular weight excluding hydrogens is 356 g/mol. The van der Waals surface area contributed by atoms with E-state index in [0.29, 0.717) is 11.6 Å². The maximum Gasteiger partial charge on any atom is 0.321 e. The van der Waals surface area contributed by atoms with Crippen molar-refractivity contribution in [2.24, 2.45) is 0 Å². The van der Waals surface area contributed by atoms with Gasteiger partial charge in [0, 0.05) is 17.5 Å². The predicted molar refractivity (Wildman–Crippen MR) is 99.3 cm³/mol. The molecule has 0 aliphatic carbocycles. The number of benzene rings is 1. The molecule has 0 atom stereocenters. The number of hydrogen-bond donors (Lipinski definition) is 2. The topological polar surface area (TPSA) is 87.5 Å². The third kappa shape index (κ3) is 4.74. The minimum absolute atomic E-state index is 0.218. The molecule has 7 nitrogen and oxygen atoms in total. The van der Waals surface area contributed by atoms with Gasteiger partial charge in [-0.05, 0) is 50.6 Å². The van der Waals surface area contributed by atoms with E-state index < -0.39 is 6.03 Å². The maximum atomic E-state index is 11.9. The predicted octanol–water partition coefficient (Wildman–Crippen LogP) is 2.90. The molecule has 2 N–H and O–H groups in total. The van der Waals surface area contributed by atoms with Gasteiger partial charge < -0.3 is 9.73 Å². The fourth-order valence-corrected chi connectivity index (χ4v) is 3.25. The number of piperidine rings is 1. The molecule has 2 aromatic rings. The Morgan fingerprint density at radius 1 is 1.35 bits per heavy atom. The standard InChI is InChI=1S/C18H23ClN4O3/c1-2-7-20-18(25)22-16(24)11-23-8-5-12(6-9-23)17-21-14-10-13(19)3-4-15(14)26-17/h3-4,10,12H,2,5-9,11H2,1H3,(H2,20,22,24,25). The van der Waals surface area contributed by atoms with Crippen molar-refractivity contribution in [3.05, 3.63) is 29.1 Å². The summed E-state index contributed by atoms with van der Waals surface area (Å²) >= 11 is 5.99. The lowest BCUT2D eigenvalue weighted by Crippen LogP contribution is -2.46. The first-order chi connectivity index (χ1) is 12.5. The lowest BCUT2D eigenvalue weighted by atomic mass is 9.97. The fourth-order valence-electron chi connectivity index (χ4n) is 3.08. The van der Waals surface area contributed by atoms with Crippen molar-refractivity contribution in [1.29, 1.82) is 0 Å². The molecule has 1 aliphatic rings. The summed E-state index contributed by atoms with van der Waals surface area (Å²) < 4.78 is 5.85. The number of amides is 3. The highest BCUT2D eigenvalue weighted by Gasteiger charge is 2.26. The van der Waals surface area contributed by atoms with Crippen LogP contribution in [0.3, 0.4) is 0 Å². The number of oxazole rings is 1. The summed E-state index contributed by atoms with van der Waals surface area (Å²) in [6.07, 6.45) is 2.54. The summed E-state index contributed by atoms with van der Waals surface area (Å²) in [4.78, 5) is 30.0. The van der Waals surface area contributed by atoms with E-state index in [0.717, 1.165) is 49.3 Å². The van der Waals surface area contributed by atoms with Crippen LogP contribution in [0.15, 0.2) is 22.6 Å². The number of nitrogens with one attached hydrogen (secondary N) is 2. The number of carbonyl (C=O) groups excluding carboxylic acids is 2. The third-order valence-electron chi connectivity index (χ3n) is 4.46. The van der Waals surface area contributed by atoms with Crippen LogP contribution in [-0.2, 0) is 4.79 Å². The van der Waals surface area contributed by atoms with Gasteiger partial charge in [-0.3, -0.25) is 15.0 Å². The highest BCUT2D eigenvalue weighted by Crippen LogP contribution is 2.30. The largest absolute Gasteiger partial charge is 0.440 e. The highest BCUT2D eigenvalue weighted by atomic mass is 35.5. The van der Waals surface area contributed by atoms with Gasteiger partial charge in [0.1, 0.15) is 5.52 Å². The summed E-state index contributed by atoms with van der Waals surface area (Å²) in [5.74, 6) is 0.673. The van der Waals surface area contributed by atoms with Crippen LogP contribution in [0.2, 0.25) is 5.02 Å². The number of fused-ring (bicyclic) bond motifs is 1. The van der Waals surface area contributed by atoms with Gasteiger partial charge >= 0.3 is 6.03 Å². The zero-order valence-corrected chi connectivity index (χ0v) is 15.5. The quantitative estimate of drug-likeness (QED) is 0.835. The number of nitrogens with zero attached hydrogens (tertiary/aromatic N) is 2. The smallest absolute Gasteiger partial charge is 0.321 e. The molecule has 0 saturated carbocycles. The highest BCUT2D eigenvalue weighted by molar-refractivity contribution is 6.31. The number of carbonyl (C=O) groups is 2. The second kappa shape index (κ2) is 8.51. The summed E-state index contributed by atoms with van der Waals surface area (Å²) in [5.41, 5.74) is 1.51. The summed E-state index contributed by atoms with van der Waals surface area (Å²) in [7, 11) is 0. The van der Waals surface area contributed by atoms with Gasteiger partial charge in [-0.1, -0.05) is 18.5 Å². The molecule has 1 aromatic heterocycles. The van der Waals surface area contributed by atoms with E-state index in [9.17, 15) is 9.59 Å². The molecule has 0 spiro atoms. The van der Waals surface area contributed by atoms with E-state index in [4.69, 9.17) is 16.0 Å². The Morgan fingerprint density at radius 3 is 2.85 bits per heavy atom. The van der Waals surface area contributed by atoms with E-state index in [1.54, 1.807) is 12.1 Å². The number of hydrogen-bond acceptors (Lipinski definition) is 5. The van der Waals surface area contributed by atoms with Crippen LogP contribution in [0.4, 0.5) is 4.79 Å². The number of rotatable bonds is 5. The molecule has 1 aromatic carbocycles. The SMILES string of the molecule is CCCNC(=O)NC(=O)CN1CCC(c2nc3cc(Cl)ccc3o2)CC1. The Bertz CT molecular complexity index is 784. The second-order valence-electron chi connectivity index (χ2n) is 6.52. The monoisotopic (exact) mass is 378 g/mol. The van der Waals surface area contributed by atoms with Gasteiger partial charge in [0.25, 0.3) is 0 Å². The molecular formula is C18H23ClN4O3. The molecule has 2 heterocycles. The molecule has 0 unspecified atom stereocenters. The van der Waals surface area contributed by atoms with Crippen LogP contribution >= 0.6 is 11.6 Å². The average Bonchev–Trinajstić information content (AvgIpc) is 3.03. The van der Waals surface area contributed by atoms with Crippen molar-refractivity contribution in [2.75, 3.05) is 26.2 Å². The molecule has 1 fully saturated rings. The average molecular weight is 379 g/mol. The summed E-state index contributed by atoms with van der Waals surface area (Å²) in [6.45, 7) is 4.25. The van der Waals surface area contributed by atoms with Gasteiger partial charge in [-0.15, -0.1) is 0 Å². The third-order valence-corrected chi connectivity index (χ3v) is 4.69. The molecule has 8 heteroatoms. The van der Waals surface area contributed by atoms with Crippen molar-refractivity contribution >= 4 is 34.6 Å². The van der Waals surface area contributed by atoms with Gasteiger partial charge in [0.15, 0.2) is 11.5 Å². The molecule has 1 aliphatic heterocycles. The van der Waals surface area contributed by atoms with Gasteiger partial charge in [0.05, 0.1) is 6.54 Å². The molecule has 1 saturated heterocycles. The van der Waals surface area contributed by atoms with Gasteiger partial charge in [-0.2, -0.15) is 0 Å². The Hall–Kier alpha value is -2.12. The lowest BCUT2D eigenvalue weighted by molar-refractivity contribution is -0.121. The van der Waals surface area contributed by atoms with Crippen LogP contribution in [-0.4, -0.2) is 48.0 Å². The minimum atomic E-state index is -0.433. The Balaban J connectivity index is 1.49. The van der Waals surface area contributed by atoms with Gasteiger partial charge in [0.2, 0.25) is 5.91 Å². The molecule has 140 valence electrons. The fraction of sp³-hybridized carbons (Fsp3) is 0.500. The first kappa shape index (κ1) is 18.7. The second-order valence-corrected chi connectivity index (χ2v) is 6.96. The number of imide groups is 1. The van der Waals surface area contributed by atoms with Crippen molar-refractivity contribution in [2.45, 2.75) is 32.1 Å². The molecule has 26 heavy (non-hydrogen) atoms. The zero-order chi connectivity index (χ0) is 18.5. The van der Waals surface area contributed by atoms with E-state index in [-0.39, 0.29) is 18.4 Å². The molecule has 3 rings (SSSR count). The van der Waals surface area contributed by atoms with Crippen LogP contribution in [0, 0.1) is 0 Å². The van der Waals surface area contributed by atoms with E-state index in [1.807, 2.05) is 17.9 Å².